The summed E-state index contributed by atoms with van der Waals surface area (Å²) in [5.74, 6) is -0.142. The van der Waals surface area contributed by atoms with Crippen molar-refractivity contribution in [3.05, 3.63) is 34.2 Å². The summed E-state index contributed by atoms with van der Waals surface area (Å²) in [7, 11) is -3.21. The summed E-state index contributed by atoms with van der Waals surface area (Å²) in [4.78, 5) is 27.6. The fraction of sp³-hybridized carbons (Fsp3) is 0.538. The number of H-pyrrole nitrogens is 1. The molecule has 1 fully saturated rings. The zero-order valence-electron chi connectivity index (χ0n) is 11.8. The van der Waals surface area contributed by atoms with Crippen LogP contribution in [0.3, 0.4) is 0 Å². The normalized spacial score (nSPS) is 16.9. The molecule has 0 bridgehead atoms. The van der Waals surface area contributed by atoms with Crippen molar-refractivity contribution < 1.29 is 13.2 Å². The maximum Gasteiger partial charge on any atom is 0.254 e. The Morgan fingerprint density at radius 2 is 2.10 bits per heavy atom. The third-order valence-corrected chi connectivity index (χ3v) is 4.98. The van der Waals surface area contributed by atoms with Gasteiger partial charge >= 0.3 is 0 Å². The van der Waals surface area contributed by atoms with Crippen LogP contribution in [0.5, 0.6) is 0 Å². The number of piperidine rings is 1. The first-order valence-corrected chi connectivity index (χ1v) is 8.54. The summed E-state index contributed by atoms with van der Waals surface area (Å²) in [5.41, 5.74) is 0.0396. The Hall–Kier alpha value is -1.67. The van der Waals surface area contributed by atoms with Crippen molar-refractivity contribution >= 4 is 15.9 Å². The van der Waals surface area contributed by atoms with Crippen LogP contribution < -0.4 is 10.3 Å². The van der Waals surface area contributed by atoms with Gasteiger partial charge in [-0.3, -0.25) is 9.59 Å². The number of sulfonamides is 1. The highest BCUT2D eigenvalue weighted by Crippen LogP contribution is 2.14. The summed E-state index contributed by atoms with van der Waals surface area (Å²) < 4.78 is 25.7. The molecule has 1 aliphatic heterocycles. The Morgan fingerprint density at radius 1 is 1.43 bits per heavy atom. The molecule has 1 saturated heterocycles. The second-order valence-corrected chi connectivity index (χ2v) is 7.07. The van der Waals surface area contributed by atoms with Gasteiger partial charge in [0, 0.05) is 37.0 Å². The van der Waals surface area contributed by atoms with E-state index >= 15 is 0 Å². The summed E-state index contributed by atoms with van der Waals surface area (Å²) >= 11 is 0. The molecule has 2 heterocycles. The predicted octanol–water partition coefficient (Wildman–Crippen LogP) is -0.0812. The van der Waals surface area contributed by atoms with Gasteiger partial charge in [0.05, 0.1) is 5.75 Å². The van der Waals surface area contributed by atoms with Crippen LogP contribution in [0.15, 0.2) is 23.1 Å². The lowest BCUT2D eigenvalue weighted by molar-refractivity contribution is 0.0711. The largest absolute Gasteiger partial charge is 0.339 e. The van der Waals surface area contributed by atoms with Gasteiger partial charge in [-0.2, -0.15) is 0 Å². The van der Waals surface area contributed by atoms with E-state index in [1.54, 1.807) is 17.9 Å². The fourth-order valence-corrected chi connectivity index (χ4v) is 3.21. The molecular formula is C13H19N3O4S. The van der Waals surface area contributed by atoms with E-state index in [1.807, 2.05) is 0 Å². The van der Waals surface area contributed by atoms with Gasteiger partial charge in [0.25, 0.3) is 5.91 Å². The van der Waals surface area contributed by atoms with Crippen LogP contribution in [-0.4, -0.2) is 49.1 Å². The van der Waals surface area contributed by atoms with Crippen LogP contribution in [-0.2, 0) is 10.0 Å². The minimum atomic E-state index is -3.21. The first kappa shape index (κ1) is 15.7. The minimum absolute atomic E-state index is 0.0545. The van der Waals surface area contributed by atoms with Crippen LogP contribution in [0.25, 0.3) is 0 Å². The first-order chi connectivity index (χ1) is 9.91. The monoisotopic (exact) mass is 313 g/mol. The molecule has 2 rings (SSSR count). The smallest absolute Gasteiger partial charge is 0.254 e. The van der Waals surface area contributed by atoms with Crippen LogP contribution >= 0.6 is 0 Å². The van der Waals surface area contributed by atoms with Gasteiger partial charge in [-0.25, -0.2) is 13.1 Å². The molecule has 116 valence electrons. The average molecular weight is 313 g/mol. The molecule has 0 aromatic carbocycles. The fourth-order valence-electron chi connectivity index (χ4n) is 2.30. The molecule has 0 spiro atoms. The standard InChI is InChI=1S/C13H19N3O4S/c1-2-21(19,20)15-11-4-7-16(8-5-11)13(18)10-3-6-14-12(17)9-10/h3,6,9,11,15H,2,4-5,7-8H2,1H3,(H,14,17). The van der Waals surface area contributed by atoms with Gasteiger partial charge in [0.1, 0.15) is 0 Å². The van der Waals surface area contributed by atoms with E-state index in [1.165, 1.54) is 12.3 Å². The van der Waals surface area contributed by atoms with Gasteiger partial charge in [-0.1, -0.05) is 0 Å². The van der Waals surface area contributed by atoms with Crippen molar-refractivity contribution in [2.24, 2.45) is 0 Å². The molecule has 0 aliphatic carbocycles. The topological polar surface area (TPSA) is 99.3 Å². The summed E-state index contributed by atoms with van der Waals surface area (Å²) in [6, 6.07) is 2.71. The number of likely N-dealkylation sites (tertiary alicyclic amines) is 1. The zero-order chi connectivity index (χ0) is 15.5. The summed E-state index contributed by atoms with van der Waals surface area (Å²) in [5, 5.41) is 0. The second kappa shape index (κ2) is 6.40. The van der Waals surface area contributed by atoms with Crippen LogP contribution in [0.2, 0.25) is 0 Å². The number of hydrogen-bond acceptors (Lipinski definition) is 4. The van der Waals surface area contributed by atoms with Gasteiger partial charge in [0.2, 0.25) is 15.6 Å². The highest BCUT2D eigenvalue weighted by atomic mass is 32.2. The van der Waals surface area contributed by atoms with E-state index in [9.17, 15) is 18.0 Å². The lowest BCUT2D eigenvalue weighted by Gasteiger charge is -2.32. The highest BCUT2D eigenvalue weighted by Gasteiger charge is 2.25. The van der Waals surface area contributed by atoms with E-state index in [4.69, 9.17) is 0 Å². The minimum Gasteiger partial charge on any atom is -0.339 e. The van der Waals surface area contributed by atoms with Crippen molar-refractivity contribution in [3.8, 4) is 0 Å². The van der Waals surface area contributed by atoms with E-state index in [0.29, 0.717) is 31.5 Å². The quantitative estimate of drug-likeness (QED) is 0.812. The van der Waals surface area contributed by atoms with E-state index < -0.39 is 10.0 Å². The highest BCUT2D eigenvalue weighted by molar-refractivity contribution is 7.89. The number of nitrogens with one attached hydrogen (secondary N) is 2. The molecule has 1 aliphatic rings. The zero-order valence-corrected chi connectivity index (χ0v) is 12.6. The van der Waals surface area contributed by atoms with Gasteiger partial charge in [-0.05, 0) is 25.8 Å². The van der Waals surface area contributed by atoms with Crippen molar-refractivity contribution in [3.63, 3.8) is 0 Å². The van der Waals surface area contributed by atoms with Crippen molar-refractivity contribution in [1.82, 2.24) is 14.6 Å². The molecule has 7 nitrogen and oxygen atoms in total. The maximum absolute atomic E-state index is 12.2. The second-order valence-electron chi connectivity index (χ2n) is 5.03. The lowest BCUT2D eigenvalue weighted by atomic mass is 10.1. The Bertz CT molecular complexity index is 660. The SMILES string of the molecule is CCS(=O)(=O)NC1CCN(C(=O)c2cc[nH]c(=O)c2)CC1. The summed E-state index contributed by atoms with van der Waals surface area (Å²) in [6.45, 7) is 2.54. The van der Waals surface area contributed by atoms with Gasteiger partial charge in [0.15, 0.2) is 0 Å². The van der Waals surface area contributed by atoms with Crippen LogP contribution in [0.1, 0.15) is 30.1 Å². The van der Waals surface area contributed by atoms with Crippen molar-refractivity contribution in [1.29, 1.82) is 0 Å². The number of aromatic nitrogens is 1. The van der Waals surface area contributed by atoms with E-state index in [0.717, 1.165) is 0 Å². The van der Waals surface area contributed by atoms with E-state index in [2.05, 4.69) is 9.71 Å². The molecule has 21 heavy (non-hydrogen) atoms. The molecule has 1 aromatic heterocycles. The molecule has 8 heteroatoms. The Kier molecular flexibility index (Phi) is 4.79. The molecule has 0 unspecified atom stereocenters. The molecule has 1 aromatic rings. The van der Waals surface area contributed by atoms with Crippen molar-refractivity contribution in [2.45, 2.75) is 25.8 Å². The molecule has 0 saturated carbocycles. The maximum atomic E-state index is 12.2. The predicted molar refractivity (Wildman–Crippen MR) is 78.6 cm³/mol. The number of hydrogen-bond donors (Lipinski definition) is 2. The number of aromatic amines is 1. The Morgan fingerprint density at radius 3 is 2.67 bits per heavy atom. The Balaban J connectivity index is 1.95. The number of amides is 1. The number of carbonyl (C=O) groups excluding carboxylic acids is 1. The van der Waals surface area contributed by atoms with Crippen LogP contribution in [0, 0.1) is 0 Å². The summed E-state index contributed by atoms with van der Waals surface area (Å²) in [6.07, 6.45) is 2.60. The molecule has 1 amide bonds. The molecule has 0 radical (unpaired) electrons. The van der Waals surface area contributed by atoms with Crippen molar-refractivity contribution in [2.75, 3.05) is 18.8 Å². The number of nitrogens with zero attached hydrogens (tertiary/aromatic N) is 1. The van der Waals surface area contributed by atoms with Gasteiger partial charge in [-0.15, -0.1) is 0 Å². The average Bonchev–Trinajstić information content (AvgIpc) is 2.47. The molecule has 0 atom stereocenters. The first-order valence-electron chi connectivity index (χ1n) is 6.89. The molecular weight excluding hydrogens is 294 g/mol. The van der Waals surface area contributed by atoms with E-state index in [-0.39, 0.29) is 23.3 Å². The van der Waals surface area contributed by atoms with Gasteiger partial charge < -0.3 is 9.88 Å². The lowest BCUT2D eigenvalue weighted by Crippen LogP contribution is -2.46. The van der Waals surface area contributed by atoms with Crippen LogP contribution in [0.4, 0.5) is 0 Å². The number of pyridine rings is 1. The number of carbonyl (C=O) groups is 1. The number of rotatable bonds is 4. The third-order valence-electron chi connectivity index (χ3n) is 3.53. The third kappa shape index (κ3) is 4.15. The Labute approximate surface area is 123 Å². The molecule has 2 N–H and O–H groups in total.